The van der Waals surface area contributed by atoms with Gasteiger partial charge in [0.1, 0.15) is 5.75 Å². The Morgan fingerprint density at radius 1 is 1.40 bits per heavy atom. The molecule has 0 aliphatic carbocycles. The number of hydrogen-bond acceptors (Lipinski definition) is 3. The molecule has 1 aliphatic rings. The summed E-state index contributed by atoms with van der Waals surface area (Å²) in [6, 6.07) is 5.03. The van der Waals surface area contributed by atoms with Crippen LogP contribution in [0.2, 0.25) is 0 Å². The van der Waals surface area contributed by atoms with E-state index in [1.54, 1.807) is 29.6 Å². The molecule has 1 aromatic carbocycles. The Morgan fingerprint density at radius 3 is 2.75 bits per heavy atom. The van der Waals surface area contributed by atoms with Crippen molar-refractivity contribution in [3.8, 4) is 5.75 Å². The highest BCUT2D eigenvalue weighted by molar-refractivity contribution is 9.10. The van der Waals surface area contributed by atoms with E-state index in [9.17, 15) is 8.42 Å². The summed E-state index contributed by atoms with van der Waals surface area (Å²) in [5, 5.41) is 0. The van der Waals surface area contributed by atoms with Gasteiger partial charge in [0.05, 0.1) is 16.5 Å². The van der Waals surface area contributed by atoms with Gasteiger partial charge < -0.3 is 4.74 Å². The molecule has 0 amide bonds. The number of hydrogen-bond donors (Lipinski definition) is 0. The van der Waals surface area contributed by atoms with Crippen LogP contribution in [0.5, 0.6) is 5.75 Å². The minimum Gasteiger partial charge on any atom is -0.496 e. The molecule has 1 heterocycles. The molecule has 1 saturated heterocycles. The molecule has 4 nitrogen and oxygen atoms in total. The van der Waals surface area contributed by atoms with Crippen molar-refractivity contribution < 1.29 is 13.2 Å². The number of methoxy groups -OCH3 is 1. The zero-order chi connectivity index (χ0) is 14.8. The van der Waals surface area contributed by atoms with Crippen molar-refractivity contribution >= 4 is 26.0 Å². The molecular formula is C14H20BrNO3S. The first-order valence-corrected chi connectivity index (χ1v) is 9.09. The van der Waals surface area contributed by atoms with Crippen LogP contribution in [0.25, 0.3) is 0 Å². The molecule has 1 aromatic rings. The summed E-state index contributed by atoms with van der Waals surface area (Å²) in [5.41, 5.74) is 0. The first-order valence-electron chi connectivity index (χ1n) is 6.86. The molecule has 6 heteroatoms. The van der Waals surface area contributed by atoms with Gasteiger partial charge in [-0.05, 0) is 53.4 Å². The molecule has 0 bridgehead atoms. The van der Waals surface area contributed by atoms with Crippen LogP contribution in [0.4, 0.5) is 0 Å². The largest absolute Gasteiger partial charge is 0.496 e. The summed E-state index contributed by atoms with van der Waals surface area (Å²) in [7, 11) is -1.86. The maximum absolute atomic E-state index is 12.8. The number of ether oxygens (including phenoxy) is 1. The highest BCUT2D eigenvalue weighted by atomic mass is 79.9. The van der Waals surface area contributed by atoms with Crippen molar-refractivity contribution in [2.45, 2.75) is 43.5 Å². The SMILES string of the molecule is CCC1CCCCN1S(=O)(=O)c1ccc(OC)c(Br)c1. The Balaban J connectivity index is 2.36. The zero-order valence-electron chi connectivity index (χ0n) is 11.8. The molecule has 1 unspecified atom stereocenters. The summed E-state index contributed by atoms with van der Waals surface area (Å²) in [6.45, 7) is 2.66. The molecule has 112 valence electrons. The van der Waals surface area contributed by atoms with Gasteiger partial charge in [0.15, 0.2) is 0 Å². The Labute approximate surface area is 129 Å². The Morgan fingerprint density at radius 2 is 2.15 bits per heavy atom. The van der Waals surface area contributed by atoms with Crippen LogP contribution in [-0.4, -0.2) is 32.4 Å². The average Bonchev–Trinajstić information content (AvgIpc) is 2.47. The molecule has 0 saturated carbocycles. The molecule has 20 heavy (non-hydrogen) atoms. The van der Waals surface area contributed by atoms with Gasteiger partial charge in [0, 0.05) is 12.6 Å². The Bertz CT molecular complexity index is 574. The molecule has 1 fully saturated rings. The minimum absolute atomic E-state index is 0.120. The Hall–Kier alpha value is -0.590. The lowest BCUT2D eigenvalue weighted by atomic mass is 10.0. The summed E-state index contributed by atoms with van der Waals surface area (Å²) in [6.07, 6.45) is 3.85. The van der Waals surface area contributed by atoms with Crippen molar-refractivity contribution in [3.05, 3.63) is 22.7 Å². The number of sulfonamides is 1. The van der Waals surface area contributed by atoms with E-state index in [-0.39, 0.29) is 6.04 Å². The summed E-state index contributed by atoms with van der Waals surface area (Å²) in [4.78, 5) is 0.325. The number of halogens is 1. The van der Waals surface area contributed by atoms with Crippen molar-refractivity contribution in [2.24, 2.45) is 0 Å². The smallest absolute Gasteiger partial charge is 0.243 e. The second-order valence-electron chi connectivity index (χ2n) is 4.97. The van der Waals surface area contributed by atoms with Gasteiger partial charge in [0.2, 0.25) is 10.0 Å². The number of nitrogens with zero attached hydrogens (tertiary/aromatic N) is 1. The van der Waals surface area contributed by atoms with Crippen LogP contribution in [-0.2, 0) is 10.0 Å². The van der Waals surface area contributed by atoms with E-state index in [0.29, 0.717) is 21.7 Å². The third-order valence-electron chi connectivity index (χ3n) is 3.77. The van der Waals surface area contributed by atoms with Gasteiger partial charge in [-0.1, -0.05) is 13.3 Å². The quantitative estimate of drug-likeness (QED) is 0.825. The third-order valence-corrected chi connectivity index (χ3v) is 6.34. The van der Waals surface area contributed by atoms with E-state index in [4.69, 9.17) is 4.74 Å². The molecule has 0 radical (unpaired) electrons. The summed E-state index contributed by atoms with van der Waals surface area (Å²) in [5.74, 6) is 0.634. The summed E-state index contributed by atoms with van der Waals surface area (Å²) >= 11 is 3.35. The third kappa shape index (κ3) is 3.02. The topological polar surface area (TPSA) is 46.6 Å². The maximum Gasteiger partial charge on any atom is 0.243 e. The molecule has 0 spiro atoms. The second kappa shape index (κ2) is 6.45. The zero-order valence-corrected chi connectivity index (χ0v) is 14.2. The predicted octanol–water partition coefficient (Wildman–Crippen LogP) is 3.41. The molecule has 1 atom stereocenters. The number of benzene rings is 1. The minimum atomic E-state index is -3.42. The molecule has 0 N–H and O–H groups in total. The molecular weight excluding hydrogens is 342 g/mol. The lowest BCUT2D eigenvalue weighted by molar-refractivity contribution is 0.246. The lowest BCUT2D eigenvalue weighted by Crippen LogP contribution is -2.43. The van der Waals surface area contributed by atoms with Crippen LogP contribution in [0, 0.1) is 0 Å². The van der Waals surface area contributed by atoms with E-state index in [1.807, 2.05) is 6.92 Å². The van der Waals surface area contributed by atoms with Crippen molar-refractivity contribution in [2.75, 3.05) is 13.7 Å². The van der Waals surface area contributed by atoms with Gasteiger partial charge in [-0.15, -0.1) is 0 Å². The van der Waals surface area contributed by atoms with Crippen molar-refractivity contribution in [1.29, 1.82) is 0 Å². The fourth-order valence-electron chi connectivity index (χ4n) is 2.64. The predicted molar refractivity (Wildman–Crippen MR) is 82.5 cm³/mol. The normalized spacial score (nSPS) is 20.9. The van der Waals surface area contributed by atoms with Gasteiger partial charge in [0.25, 0.3) is 0 Å². The fraction of sp³-hybridized carbons (Fsp3) is 0.571. The van der Waals surface area contributed by atoms with E-state index >= 15 is 0 Å². The van der Waals surface area contributed by atoms with E-state index in [1.165, 1.54) is 0 Å². The highest BCUT2D eigenvalue weighted by Crippen LogP contribution is 2.31. The maximum atomic E-state index is 12.8. The molecule has 1 aliphatic heterocycles. The van der Waals surface area contributed by atoms with Crippen molar-refractivity contribution in [1.82, 2.24) is 4.31 Å². The second-order valence-corrected chi connectivity index (χ2v) is 7.71. The van der Waals surface area contributed by atoms with Crippen LogP contribution < -0.4 is 4.74 Å². The van der Waals surface area contributed by atoms with Crippen molar-refractivity contribution in [3.63, 3.8) is 0 Å². The van der Waals surface area contributed by atoms with Crippen LogP contribution in [0.3, 0.4) is 0 Å². The molecule has 2 rings (SSSR count). The monoisotopic (exact) mass is 361 g/mol. The summed E-state index contributed by atoms with van der Waals surface area (Å²) < 4.78 is 33.0. The van der Waals surface area contributed by atoms with Gasteiger partial charge >= 0.3 is 0 Å². The van der Waals surface area contributed by atoms with Gasteiger partial charge in [-0.2, -0.15) is 4.31 Å². The fourth-order valence-corrected chi connectivity index (χ4v) is 5.13. The van der Waals surface area contributed by atoms with E-state index < -0.39 is 10.0 Å². The highest BCUT2D eigenvalue weighted by Gasteiger charge is 2.32. The van der Waals surface area contributed by atoms with Gasteiger partial charge in [-0.25, -0.2) is 8.42 Å². The standard InChI is InChI=1S/C14H20BrNO3S/c1-3-11-6-4-5-9-16(11)20(17,18)12-7-8-14(19-2)13(15)10-12/h7-8,10-11H,3-6,9H2,1-2H3. The number of piperidine rings is 1. The number of rotatable bonds is 4. The van der Waals surface area contributed by atoms with Crippen LogP contribution >= 0.6 is 15.9 Å². The lowest BCUT2D eigenvalue weighted by Gasteiger charge is -2.34. The van der Waals surface area contributed by atoms with Crippen LogP contribution in [0.1, 0.15) is 32.6 Å². The van der Waals surface area contributed by atoms with E-state index in [0.717, 1.165) is 25.7 Å². The molecule has 0 aromatic heterocycles. The van der Waals surface area contributed by atoms with Crippen LogP contribution in [0.15, 0.2) is 27.6 Å². The Kier molecular flexibility index (Phi) is 5.09. The van der Waals surface area contributed by atoms with E-state index in [2.05, 4.69) is 15.9 Å². The first kappa shape index (κ1) is 15.8. The average molecular weight is 362 g/mol. The first-order chi connectivity index (χ1) is 9.50. The van der Waals surface area contributed by atoms with Gasteiger partial charge in [-0.3, -0.25) is 0 Å².